The fourth-order valence-corrected chi connectivity index (χ4v) is 2.57. The molecule has 0 spiro atoms. The molecule has 0 radical (unpaired) electrons. The third-order valence-electron chi connectivity index (χ3n) is 3.93. The number of aryl methyl sites for hydroxylation is 1. The van der Waals surface area contributed by atoms with E-state index in [0.717, 1.165) is 24.2 Å². The third-order valence-corrected chi connectivity index (χ3v) is 3.93. The Labute approximate surface area is 117 Å². The molecule has 1 aromatic rings. The van der Waals surface area contributed by atoms with Crippen LogP contribution in [0.15, 0.2) is 16.7 Å². The number of carbonyl (C=O) groups excluding carboxylic acids is 1. The standard InChI is InChI=1S/C14H20N2O4/c1-10-11(5-8-20-10)9-16(2)13(19)15-14(12(17)18)6-3-4-7-14/h5,8H,3-4,6-7,9H2,1-2H3,(H,15,19)(H,17,18). The van der Waals surface area contributed by atoms with Crippen LogP contribution >= 0.6 is 0 Å². The van der Waals surface area contributed by atoms with Crippen molar-refractivity contribution in [3.63, 3.8) is 0 Å². The van der Waals surface area contributed by atoms with Gasteiger partial charge >= 0.3 is 12.0 Å². The van der Waals surface area contributed by atoms with E-state index in [1.165, 1.54) is 4.90 Å². The number of amides is 2. The van der Waals surface area contributed by atoms with Gasteiger partial charge in [0.1, 0.15) is 11.3 Å². The van der Waals surface area contributed by atoms with E-state index in [9.17, 15) is 14.7 Å². The van der Waals surface area contributed by atoms with Crippen LogP contribution in [0.5, 0.6) is 0 Å². The molecule has 0 aromatic carbocycles. The number of urea groups is 1. The highest BCUT2D eigenvalue weighted by Gasteiger charge is 2.43. The fourth-order valence-electron chi connectivity index (χ4n) is 2.57. The van der Waals surface area contributed by atoms with Crippen LogP contribution < -0.4 is 5.32 Å². The van der Waals surface area contributed by atoms with Crippen LogP contribution in [0.3, 0.4) is 0 Å². The maximum atomic E-state index is 12.2. The summed E-state index contributed by atoms with van der Waals surface area (Å²) in [6.45, 7) is 2.22. The van der Waals surface area contributed by atoms with Crippen LogP contribution in [0.4, 0.5) is 4.79 Å². The van der Waals surface area contributed by atoms with Crippen molar-refractivity contribution in [2.45, 2.75) is 44.7 Å². The summed E-state index contributed by atoms with van der Waals surface area (Å²) in [4.78, 5) is 25.0. The molecule has 1 aromatic heterocycles. The monoisotopic (exact) mass is 280 g/mol. The van der Waals surface area contributed by atoms with Crippen molar-refractivity contribution in [2.24, 2.45) is 0 Å². The van der Waals surface area contributed by atoms with Gasteiger partial charge in [-0.25, -0.2) is 9.59 Å². The summed E-state index contributed by atoms with van der Waals surface area (Å²) in [5.41, 5.74) is -0.185. The zero-order valence-corrected chi connectivity index (χ0v) is 11.8. The van der Waals surface area contributed by atoms with Crippen LogP contribution in [0, 0.1) is 6.92 Å². The molecule has 1 aliphatic carbocycles. The first-order valence-electron chi connectivity index (χ1n) is 6.74. The number of carbonyl (C=O) groups is 2. The number of nitrogens with zero attached hydrogens (tertiary/aromatic N) is 1. The van der Waals surface area contributed by atoms with E-state index in [0.29, 0.717) is 19.4 Å². The summed E-state index contributed by atoms with van der Waals surface area (Å²) in [6.07, 6.45) is 4.22. The molecule has 0 aliphatic heterocycles. The average Bonchev–Trinajstić information content (AvgIpc) is 3.00. The highest BCUT2D eigenvalue weighted by molar-refractivity contribution is 5.86. The van der Waals surface area contributed by atoms with Crippen molar-refractivity contribution in [1.29, 1.82) is 0 Å². The molecule has 2 N–H and O–H groups in total. The van der Waals surface area contributed by atoms with E-state index in [-0.39, 0.29) is 6.03 Å². The minimum atomic E-state index is -1.10. The second kappa shape index (κ2) is 5.56. The number of furan rings is 1. The predicted octanol–water partition coefficient (Wildman–Crippen LogP) is 2.13. The lowest BCUT2D eigenvalue weighted by atomic mass is 9.98. The zero-order valence-electron chi connectivity index (χ0n) is 11.8. The molecule has 1 aliphatic rings. The van der Waals surface area contributed by atoms with E-state index in [2.05, 4.69) is 5.32 Å². The summed E-state index contributed by atoms with van der Waals surface area (Å²) in [6, 6.07) is 1.44. The Bertz CT molecular complexity index is 503. The lowest BCUT2D eigenvalue weighted by Gasteiger charge is -2.28. The Hall–Kier alpha value is -1.98. The molecule has 2 amide bonds. The van der Waals surface area contributed by atoms with Crippen molar-refractivity contribution in [1.82, 2.24) is 10.2 Å². The number of carboxylic acids is 1. The number of hydrogen-bond donors (Lipinski definition) is 2. The van der Waals surface area contributed by atoms with Crippen molar-refractivity contribution < 1.29 is 19.1 Å². The summed E-state index contributed by atoms with van der Waals surface area (Å²) in [5.74, 6) is -0.185. The smallest absolute Gasteiger partial charge is 0.329 e. The molecule has 1 heterocycles. The fraction of sp³-hybridized carbons (Fsp3) is 0.571. The Kier molecular flexibility index (Phi) is 4.01. The summed E-state index contributed by atoms with van der Waals surface area (Å²) in [7, 11) is 1.65. The van der Waals surface area contributed by atoms with Gasteiger partial charge in [-0.1, -0.05) is 12.8 Å². The SMILES string of the molecule is Cc1occc1CN(C)C(=O)NC1(C(=O)O)CCCC1. The van der Waals surface area contributed by atoms with Gasteiger partial charge in [0.15, 0.2) is 0 Å². The molecule has 0 unspecified atom stereocenters. The predicted molar refractivity (Wildman–Crippen MR) is 72.3 cm³/mol. The first-order chi connectivity index (χ1) is 9.44. The number of carboxylic acid groups (broad SMARTS) is 1. The highest BCUT2D eigenvalue weighted by atomic mass is 16.4. The maximum absolute atomic E-state index is 12.2. The van der Waals surface area contributed by atoms with Gasteiger partial charge in [-0.15, -0.1) is 0 Å². The van der Waals surface area contributed by atoms with E-state index in [1.807, 2.05) is 13.0 Å². The van der Waals surface area contributed by atoms with Gasteiger partial charge in [0.2, 0.25) is 0 Å². The van der Waals surface area contributed by atoms with Crippen LogP contribution in [0.25, 0.3) is 0 Å². The molecule has 0 bridgehead atoms. The molecule has 0 atom stereocenters. The highest BCUT2D eigenvalue weighted by Crippen LogP contribution is 2.30. The summed E-state index contributed by atoms with van der Waals surface area (Å²) in [5, 5.41) is 12.0. The van der Waals surface area contributed by atoms with E-state index < -0.39 is 11.5 Å². The molecule has 6 heteroatoms. The average molecular weight is 280 g/mol. The van der Waals surface area contributed by atoms with Crippen molar-refractivity contribution in [3.05, 3.63) is 23.7 Å². The molecular weight excluding hydrogens is 260 g/mol. The first-order valence-corrected chi connectivity index (χ1v) is 6.74. The largest absolute Gasteiger partial charge is 0.480 e. The van der Waals surface area contributed by atoms with Gasteiger partial charge in [-0.05, 0) is 25.8 Å². The van der Waals surface area contributed by atoms with Crippen molar-refractivity contribution in [2.75, 3.05) is 7.05 Å². The van der Waals surface area contributed by atoms with Crippen LogP contribution in [-0.2, 0) is 11.3 Å². The van der Waals surface area contributed by atoms with Gasteiger partial charge in [-0.2, -0.15) is 0 Å². The Morgan fingerprint density at radius 2 is 2.10 bits per heavy atom. The second-order valence-corrected chi connectivity index (χ2v) is 5.38. The van der Waals surface area contributed by atoms with Gasteiger partial charge in [-0.3, -0.25) is 0 Å². The second-order valence-electron chi connectivity index (χ2n) is 5.38. The van der Waals surface area contributed by atoms with Gasteiger partial charge < -0.3 is 19.7 Å². The minimum absolute atomic E-state index is 0.366. The molecule has 0 saturated heterocycles. The Morgan fingerprint density at radius 3 is 2.60 bits per heavy atom. The number of hydrogen-bond acceptors (Lipinski definition) is 3. The first kappa shape index (κ1) is 14.4. The van der Waals surface area contributed by atoms with E-state index in [1.54, 1.807) is 13.3 Å². The zero-order chi connectivity index (χ0) is 14.8. The lowest BCUT2D eigenvalue weighted by Crippen LogP contribution is -2.55. The number of rotatable bonds is 4. The van der Waals surface area contributed by atoms with E-state index >= 15 is 0 Å². The normalized spacial score (nSPS) is 16.9. The van der Waals surface area contributed by atoms with Crippen LogP contribution in [-0.4, -0.2) is 34.6 Å². The molecule has 20 heavy (non-hydrogen) atoms. The summed E-state index contributed by atoms with van der Waals surface area (Å²) >= 11 is 0. The molecule has 1 fully saturated rings. The molecule has 6 nitrogen and oxygen atoms in total. The number of aliphatic carboxylic acids is 1. The van der Waals surface area contributed by atoms with Crippen LogP contribution in [0.2, 0.25) is 0 Å². The summed E-state index contributed by atoms with van der Waals surface area (Å²) < 4.78 is 5.18. The van der Waals surface area contributed by atoms with Gasteiger partial charge in [0, 0.05) is 12.6 Å². The lowest BCUT2D eigenvalue weighted by molar-refractivity contribution is -0.144. The van der Waals surface area contributed by atoms with Crippen molar-refractivity contribution >= 4 is 12.0 Å². The Morgan fingerprint density at radius 1 is 1.45 bits per heavy atom. The maximum Gasteiger partial charge on any atom is 0.329 e. The van der Waals surface area contributed by atoms with Gasteiger partial charge in [0.25, 0.3) is 0 Å². The number of nitrogens with one attached hydrogen (secondary N) is 1. The Balaban J connectivity index is 2.00. The molecular formula is C14H20N2O4. The van der Waals surface area contributed by atoms with Crippen LogP contribution in [0.1, 0.15) is 37.0 Å². The van der Waals surface area contributed by atoms with Crippen molar-refractivity contribution in [3.8, 4) is 0 Å². The molecule has 110 valence electrons. The minimum Gasteiger partial charge on any atom is -0.480 e. The quantitative estimate of drug-likeness (QED) is 0.885. The topological polar surface area (TPSA) is 82.8 Å². The van der Waals surface area contributed by atoms with E-state index in [4.69, 9.17) is 4.42 Å². The molecule has 2 rings (SSSR count). The molecule has 1 saturated carbocycles. The van der Waals surface area contributed by atoms with Gasteiger partial charge in [0.05, 0.1) is 12.8 Å². The third kappa shape index (κ3) is 2.79.